The minimum atomic E-state index is -0.484. The highest BCUT2D eigenvalue weighted by molar-refractivity contribution is 5.98. The topological polar surface area (TPSA) is 136 Å². The number of H-pyrrole nitrogens is 1. The van der Waals surface area contributed by atoms with Gasteiger partial charge in [-0.05, 0) is 62.1 Å². The molecule has 13 nitrogen and oxygen atoms in total. The number of likely N-dealkylation sites (tertiary alicyclic amines) is 1. The van der Waals surface area contributed by atoms with E-state index < -0.39 is 5.54 Å². The van der Waals surface area contributed by atoms with Gasteiger partial charge in [-0.25, -0.2) is 4.79 Å². The van der Waals surface area contributed by atoms with E-state index in [-0.39, 0.29) is 30.4 Å². The van der Waals surface area contributed by atoms with Gasteiger partial charge in [0.15, 0.2) is 0 Å². The molecule has 2 N–H and O–H groups in total. The lowest BCUT2D eigenvalue weighted by Gasteiger charge is -2.44. The van der Waals surface area contributed by atoms with Gasteiger partial charge in [-0.3, -0.25) is 14.5 Å². The van der Waals surface area contributed by atoms with E-state index in [1.165, 1.54) is 5.56 Å². The number of piperazine rings is 1. The van der Waals surface area contributed by atoms with E-state index in [4.69, 9.17) is 9.47 Å². The Balaban J connectivity index is 1.09. The fourth-order valence-corrected chi connectivity index (χ4v) is 7.60. The van der Waals surface area contributed by atoms with Gasteiger partial charge in [0.2, 0.25) is 0 Å². The summed E-state index contributed by atoms with van der Waals surface area (Å²) in [5.41, 5.74) is 3.72. The zero-order chi connectivity index (χ0) is 37.9. The van der Waals surface area contributed by atoms with E-state index in [2.05, 4.69) is 49.9 Å². The monoisotopic (exact) mass is 736 g/mol. The normalized spacial score (nSPS) is 16.7. The Morgan fingerprint density at radius 1 is 0.926 bits per heavy atom. The first-order chi connectivity index (χ1) is 26.3. The smallest absolute Gasteiger partial charge is 0.320 e. The number of urea groups is 1. The second kappa shape index (κ2) is 18.2. The predicted octanol–water partition coefficient (Wildman–Crippen LogP) is 4.61. The minimum Gasteiger partial charge on any atom is -0.496 e. The highest BCUT2D eigenvalue weighted by Gasteiger charge is 2.39. The first-order valence-electron chi connectivity index (χ1n) is 18.9. The van der Waals surface area contributed by atoms with Crippen molar-refractivity contribution >= 4 is 17.9 Å². The van der Waals surface area contributed by atoms with Crippen LogP contribution < -0.4 is 10.1 Å². The number of likely N-dealkylation sites (N-methyl/N-ethyl adjacent to an activating group) is 1. The van der Waals surface area contributed by atoms with Crippen LogP contribution in [0.15, 0.2) is 85.1 Å². The van der Waals surface area contributed by atoms with Gasteiger partial charge in [0, 0.05) is 64.3 Å². The van der Waals surface area contributed by atoms with Gasteiger partial charge >= 0.3 is 12.0 Å². The Hall–Kier alpha value is -5.27. The van der Waals surface area contributed by atoms with Crippen LogP contribution in [0.4, 0.5) is 4.79 Å². The number of amides is 3. The number of aromatic amines is 1. The third-order valence-corrected chi connectivity index (χ3v) is 10.7. The number of methoxy groups -OCH3 is 1. The molecule has 1 aromatic heterocycles. The van der Waals surface area contributed by atoms with E-state index in [9.17, 15) is 14.4 Å². The summed E-state index contributed by atoms with van der Waals surface area (Å²) in [6, 6.07) is 26.1. The molecule has 54 heavy (non-hydrogen) atoms. The van der Waals surface area contributed by atoms with Crippen LogP contribution in [0.1, 0.15) is 53.6 Å². The van der Waals surface area contributed by atoms with Gasteiger partial charge in [0.1, 0.15) is 11.4 Å². The fourth-order valence-electron chi connectivity index (χ4n) is 7.60. The van der Waals surface area contributed by atoms with Crippen LogP contribution in [-0.2, 0) is 15.1 Å². The number of piperidine rings is 1. The molecule has 3 amide bonds. The first kappa shape index (κ1) is 38.5. The Labute approximate surface area is 317 Å². The number of esters is 1. The molecular formula is C41H52N8O5. The maximum absolute atomic E-state index is 13.9. The SMILES string of the molecule is CCOC(=O)CN1CCN(C(=O)NC2(c3ccccc3)CCN(CCC(CN(C)C(=O)c3cc(-c4cn[nH]n4)ccc3OC)c3ccccc3)CC2)CC1. The summed E-state index contributed by atoms with van der Waals surface area (Å²) >= 11 is 0. The van der Waals surface area contributed by atoms with Crippen molar-refractivity contribution in [3.63, 3.8) is 0 Å². The van der Waals surface area contributed by atoms with E-state index >= 15 is 0 Å². The number of carbonyl (C=O) groups excluding carboxylic acids is 3. The zero-order valence-corrected chi connectivity index (χ0v) is 31.6. The Bertz CT molecular complexity index is 1810. The molecule has 0 bridgehead atoms. The van der Waals surface area contributed by atoms with Gasteiger partial charge in [-0.1, -0.05) is 60.7 Å². The summed E-state index contributed by atoms with van der Waals surface area (Å²) in [5.74, 6) is 0.258. The number of nitrogens with one attached hydrogen (secondary N) is 2. The summed E-state index contributed by atoms with van der Waals surface area (Å²) in [5, 5.41) is 14.2. The van der Waals surface area contributed by atoms with E-state index in [1.54, 1.807) is 31.2 Å². The van der Waals surface area contributed by atoms with Gasteiger partial charge in [0.05, 0.1) is 37.6 Å². The third kappa shape index (κ3) is 9.44. The van der Waals surface area contributed by atoms with E-state index in [0.717, 1.165) is 50.0 Å². The molecule has 3 heterocycles. The first-order valence-corrected chi connectivity index (χ1v) is 18.9. The number of aromatic nitrogens is 3. The van der Waals surface area contributed by atoms with Crippen LogP contribution in [0.5, 0.6) is 5.75 Å². The number of hydrogen-bond acceptors (Lipinski definition) is 9. The molecule has 3 aromatic carbocycles. The van der Waals surface area contributed by atoms with Crippen LogP contribution in [-0.4, -0.2) is 133 Å². The van der Waals surface area contributed by atoms with Crippen LogP contribution in [0.2, 0.25) is 0 Å². The van der Waals surface area contributed by atoms with Crippen LogP contribution >= 0.6 is 0 Å². The van der Waals surface area contributed by atoms with Crippen molar-refractivity contribution in [2.75, 3.05) is 79.7 Å². The standard InChI is InChI=1S/C41H52N8O5/c1-4-54-38(50)30-48-23-25-49(26-24-48)40(52)43-41(34-13-9-6-10-14-34)18-21-47(22-19-41)20-17-33(31-11-7-5-8-12-31)29-46(2)39(51)35-27-32(15-16-37(35)53-3)36-28-42-45-44-36/h5-16,27-28,33H,4,17-26,29-30H2,1-3H3,(H,43,52)(H,42,44,45). The molecule has 1 atom stereocenters. The van der Waals surface area contributed by atoms with Crippen molar-refractivity contribution in [3.05, 3.63) is 102 Å². The van der Waals surface area contributed by atoms with Gasteiger partial charge in [-0.15, -0.1) is 0 Å². The fraction of sp³-hybridized carbons (Fsp3) is 0.439. The van der Waals surface area contributed by atoms with Crippen LogP contribution in [0.25, 0.3) is 11.3 Å². The number of ether oxygens (including phenoxy) is 2. The van der Waals surface area contributed by atoms with Crippen molar-refractivity contribution in [2.24, 2.45) is 0 Å². The molecule has 2 fully saturated rings. The number of rotatable bonds is 14. The second-order valence-electron chi connectivity index (χ2n) is 14.1. The molecule has 1 unspecified atom stereocenters. The van der Waals surface area contributed by atoms with E-state index in [0.29, 0.717) is 56.3 Å². The highest BCUT2D eigenvalue weighted by Crippen LogP contribution is 2.34. The molecule has 0 aliphatic carbocycles. The lowest BCUT2D eigenvalue weighted by atomic mass is 9.80. The summed E-state index contributed by atoms with van der Waals surface area (Å²) in [4.78, 5) is 47.8. The largest absolute Gasteiger partial charge is 0.496 e. The molecule has 6 rings (SSSR count). The maximum Gasteiger partial charge on any atom is 0.320 e. The molecule has 286 valence electrons. The minimum absolute atomic E-state index is 0.0665. The predicted molar refractivity (Wildman–Crippen MR) is 206 cm³/mol. The summed E-state index contributed by atoms with van der Waals surface area (Å²) in [6.45, 7) is 7.83. The number of nitrogens with zero attached hydrogens (tertiary/aromatic N) is 6. The molecule has 0 spiro atoms. The number of hydrogen-bond donors (Lipinski definition) is 2. The Morgan fingerprint density at radius 3 is 2.28 bits per heavy atom. The molecular weight excluding hydrogens is 685 g/mol. The van der Waals surface area contributed by atoms with Gasteiger partial charge < -0.3 is 29.5 Å². The molecule has 2 aliphatic heterocycles. The summed E-state index contributed by atoms with van der Waals surface area (Å²) in [7, 11) is 3.42. The van der Waals surface area contributed by atoms with Crippen LogP contribution in [0, 0.1) is 0 Å². The molecule has 13 heteroatoms. The van der Waals surface area contributed by atoms with Crippen LogP contribution in [0.3, 0.4) is 0 Å². The van der Waals surface area contributed by atoms with Gasteiger partial charge in [-0.2, -0.15) is 15.4 Å². The zero-order valence-electron chi connectivity index (χ0n) is 31.6. The van der Waals surface area contributed by atoms with Crippen molar-refractivity contribution in [3.8, 4) is 17.0 Å². The maximum atomic E-state index is 13.9. The van der Waals surface area contributed by atoms with Crippen molar-refractivity contribution in [2.45, 2.75) is 37.6 Å². The summed E-state index contributed by atoms with van der Waals surface area (Å²) < 4.78 is 10.7. The average Bonchev–Trinajstić information content (AvgIpc) is 3.76. The summed E-state index contributed by atoms with van der Waals surface area (Å²) in [6.07, 6.45) is 4.05. The third-order valence-electron chi connectivity index (χ3n) is 10.7. The molecule has 2 aliphatic rings. The number of carbonyl (C=O) groups is 3. The second-order valence-corrected chi connectivity index (χ2v) is 14.1. The lowest BCUT2D eigenvalue weighted by Crippen LogP contribution is -2.59. The Kier molecular flexibility index (Phi) is 12.9. The average molecular weight is 737 g/mol. The van der Waals surface area contributed by atoms with Gasteiger partial charge in [0.25, 0.3) is 5.91 Å². The molecule has 2 saturated heterocycles. The van der Waals surface area contributed by atoms with Crippen molar-refractivity contribution < 1.29 is 23.9 Å². The number of benzene rings is 3. The van der Waals surface area contributed by atoms with E-state index in [1.807, 2.05) is 65.4 Å². The molecule has 0 radical (unpaired) electrons. The van der Waals surface area contributed by atoms with Crippen molar-refractivity contribution in [1.82, 2.24) is 40.3 Å². The lowest BCUT2D eigenvalue weighted by molar-refractivity contribution is -0.144. The quantitative estimate of drug-likeness (QED) is 0.178. The molecule has 0 saturated carbocycles. The Morgan fingerprint density at radius 2 is 1.63 bits per heavy atom. The highest BCUT2D eigenvalue weighted by atomic mass is 16.5. The molecule has 4 aromatic rings. The van der Waals surface area contributed by atoms with Crippen molar-refractivity contribution in [1.29, 1.82) is 0 Å².